The fourth-order valence-corrected chi connectivity index (χ4v) is 2.33. The maximum Gasteiger partial charge on any atom is 0.320 e. The number of carbonyl (C=O) groups is 1. The minimum atomic E-state index is -0.797. The first-order chi connectivity index (χ1) is 6.58. The molecule has 2 atom stereocenters. The smallest absolute Gasteiger partial charge is 0.320 e. The van der Waals surface area contributed by atoms with Crippen LogP contribution >= 0.6 is 0 Å². The summed E-state index contributed by atoms with van der Waals surface area (Å²) in [6.07, 6.45) is 0.271. The van der Waals surface area contributed by atoms with Crippen molar-refractivity contribution in [1.82, 2.24) is 9.80 Å². The van der Waals surface area contributed by atoms with Crippen LogP contribution in [-0.2, 0) is 0 Å². The van der Waals surface area contributed by atoms with E-state index in [1.807, 2.05) is 4.90 Å². The molecule has 2 rings (SSSR count). The lowest BCUT2D eigenvalue weighted by Crippen LogP contribution is -2.56. The van der Waals surface area contributed by atoms with Crippen LogP contribution in [0.25, 0.3) is 0 Å². The molecule has 0 aromatic heterocycles. The first kappa shape index (κ1) is 9.74. The van der Waals surface area contributed by atoms with E-state index >= 15 is 0 Å². The molecule has 80 valence electrons. The molecule has 2 amide bonds. The van der Waals surface area contributed by atoms with Gasteiger partial charge in [0.2, 0.25) is 0 Å². The van der Waals surface area contributed by atoms with E-state index in [2.05, 4.69) is 13.8 Å². The Kier molecular flexibility index (Phi) is 2.37. The highest BCUT2D eigenvalue weighted by atomic mass is 19.1. The summed E-state index contributed by atoms with van der Waals surface area (Å²) in [6, 6.07) is 0.340. The van der Waals surface area contributed by atoms with Crippen LogP contribution in [0.15, 0.2) is 0 Å². The zero-order valence-corrected chi connectivity index (χ0v) is 8.74. The molecule has 14 heavy (non-hydrogen) atoms. The predicted octanol–water partition coefficient (Wildman–Crippen LogP) is 1.49. The van der Waals surface area contributed by atoms with Crippen molar-refractivity contribution in [3.05, 3.63) is 0 Å². The molecule has 0 aromatic carbocycles. The average molecular weight is 200 g/mol. The molecule has 2 aliphatic heterocycles. The fraction of sp³-hybridized carbons (Fsp3) is 0.900. The van der Waals surface area contributed by atoms with Crippen molar-refractivity contribution < 1.29 is 9.18 Å². The molecule has 4 heteroatoms. The summed E-state index contributed by atoms with van der Waals surface area (Å²) in [4.78, 5) is 15.3. The number of likely N-dealkylation sites (tertiary alicyclic amines) is 2. The standard InChI is InChI=1S/C10H17FN2O/c1-7-3-8(2)13(4-7)10(14)12-5-9(11)6-12/h7-9H,3-6H2,1-2H3. The number of alkyl halides is 1. The summed E-state index contributed by atoms with van der Waals surface area (Å²) in [7, 11) is 0. The Morgan fingerprint density at radius 1 is 1.29 bits per heavy atom. The van der Waals surface area contributed by atoms with Crippen molar-refractivity contribution in [2.45, 2.75) is 32.5 Å². The third-order valence-electron chi connectivity index (χ3n) is 3.14. The van der Waals surface area contributed by atoms with Gasteiger partial charge in [-0.2, -0.15) is 0 Å². The van der Waals surface area contributed by atoms with E-state index in [0.29, 0.717) is 12.0 Å². The topological polar surface area (TPSA) is 23.6 Å². The second-order valence-corrected chi connectivity index (χ2v) is 4.63. The van der Waals surface area contributed by atoms with Gasteiger partial charge in [-0.05, 0) is 19.3 Å². The molecular formula is C10H17FN2O. The number of hydrogen-bond acceptors (Lipinski definition) is 1. The molecule has 0 saturated carbocycles. The number of urea groups is 1. The van der Waals surface area contributed by atoms with Gasteiger partial charge in [0.1, 0.15) is 6.17 Å². The van der Waals surface area contributed by atoms with Crippen molar-refractivity contribution >= 4 is 6.03 Å². The van der Waals surface area contributed by atoms with Crippen molar-refractivity contribution in [3.8, 4) is 0 Å². The number of hydrogen-bond donors (Lipinski definition) is 0. The summed E-state index contributed by atoms with van der Waals surface area (Å²) < 4.78 is 12.6. The Balaban J connectivity index is 1.92. The minimum absolute atomic E-state index is 0.0238. The van der Waals surface area contributed by atoms with E-state index in [-0.39, 0.29) is 19.1 Å². The second kappa shape index (κ2) is 3.41. The number of nitrogens with zero attached hydrogens (tertiary/aromatic N) is 2. The normalized spacial score (nSPS) is 33.4. The molecule has 2 heterocycles. The quantitative estimate of drug-likeness (QED) is 0.581. The van der Waals surface area contributed by atoms with Gasteiger partial charge in [0.05, 0.1) is 13.1 Å². The van der Waals surface area contributed by atoms with Crippen LogP contribution in [0, 0.1) is 5.92 Å². The van der Waals surface area contributed by atoms with Gasteiger partial charge < -0.3 is 9.80 Å². The van der Waals surface area contributed by atoms with Gasteiger partial charge in [-0.1, -0.05) is 6.92 Å². The molecule has 2 aliphatic rings. The van der Waals surface area contributed by atoms with E-state index in [4.69, 9.17) is 0 Å². The van der Waals surface area contributed by atoms with Crippen molar-refractivity contribution in [3.63, 3.8) is 0 Å². The summed E-state index contributed by atoms with van der Waals surface area (Å²) >= 11 is 0. The Morgan fingerprint density at radius 2 is 1.93 bits per heavy atom. The van der Waals surface area contributed by atoms with E-state index in [9.17, 15) is 9.18 Å². The van der Waals surface area contributed by atoms with Gasteiger partial charge >= 0.3 is 6.03 Å². The largest absolute Gasteiger partial charge is 0.322 e. The third kappa shape index (κ3) is 1.57. The average Bonchev–Trinajstić information content (AvgIpc) is 2.39. The third-order valence-corrected chi connectivity index (χ3v) is 3.14. The highest BCUT2D eigenvalue weighted by Gasteiger charge is 2.37. The summed E-state index contributed by atoms with van der Waals surface area (Å²) in [5.74, 6) is 0.580. The number of amides is 2. The molecule has 2 fully saturated rings. The Hall–Kier alpha value is -0.800. The molecule has 0 radical (unpaired) electrons. The van der Waals surface area contributed by atoms with Gasteiger partial charge in [-0.25, -0.2) is 9.18 Å². The van der Waals surface area contributed by atoms with Crippen LogP contribution in [0.3, 0.4) is 0 Å². The lowest BCUT2D eigenvalue weighted by molar-refractivity contribution is 0.0664. The second-order valence-electron chi connectivity index (χ2n) is 4.63. The Morgan fingerprint density at radius 3 is 2.36 bits per heavy atom. The van der Waals surface area contributed by atoms with Crippen LogP contribution in [0.4, 0.5) is 9.18 Å². The van der Waals surface area contributed by atoms with E-state index in [0.717, 1.165) is 13.0 Å². The number of rotatable bonds is 0. The molecular weight excluding hydrogens is 183 g/mol. The Labute approximate surface area is 83.9 Å². The highest BCUT2D eigenvalue weighted by Crippen LogP contribution is 2.25. The lowest BCUT2D eigenvalue weighted by atomic mass is 10.1. The molecule has 0 aliphatic carbocycles. The minimum Gasteiger partial charge on any atom is -0.322 e. The van der Waals surface area contributed by atoms with Crippen molar-refractivity contribution in [2.75, 3.05) is 19.6 Å². The van der Waals surface area contributed by atoms with Crippen LogP contribution in [0.5, 0.6) is 0 Å². The van der Waals surface area contributed by atoms with E-state index in [1.165, 1.54) is 0 Å². The molecule has 0 bridgehead atoms. The van der Waals surface area contributed by atoms with Gasteiger partial charge in [-0.3, -0.25) is 0 Å². The molecule has 2 saturated heterocycles. The molecule has 0 N–H and O–H groups in total. The first-order valence-corrected chi connectivity index (χ1v) is 5.27. The van der Waals surface area contributed by atoms with Crippen LogP contribution in [0.2, 0.25) is 0 Å². The molecule has 0 aromatic rings. The van der Waals surface area contributed by atoms with Crippen LogP contribution < -0.4 is 0 Å². The maximum atomic E-state index is 12.6. The van der Waals surface area contributed by atoms with Crippen LogP contribution in [0.1, 0.15) is 20.3 Å². The molecule has 3 nitrogen and oxygen atoms in total. The van der Waals surface area contributed by atoms with Gasteiger partial charge in [0.25, 0.3) is 0 Å². The number of halogens is 1. The monoisotopic (exact) mass is 200 g/mol. The first-order valence-electron chi connectivity index (χ1n) is 5.27. The van der Waals surface area contributed by atoms with E-state index < -0.39 is 6.17 Å². The highest BCUT2D eigenvalue weighted by molar-refractivity contribution is 5.76. The van der Waals surface area contributed by atoms with E-state index in [1.54, 1.807) is 4.90 Å². The number of carbonyl (C=O) groups excluding carboxylic acids is 1. The Bertz CT molecular complexity index is 240. The van der Waals surface area contributed by atoms with Gasteiger partial charge in [0.15, 0.2) is 0 Å². The van der Waals surface area contributed by atoms with Gasteiger partial charge in [0, 0.05) is 12.6 Å². The van der Waals surface area contributed by atoms with Crippen molar-refractivity contribution in [1.29, 1.82) is 0 Å². The van der Waals surface area contributed by atoms with Crippen molar-refractivity contribution in [2.24, 2.45) is 5.92 Å². The SMILES string of the molecule is CC1CC(C)N(C(=O)N2CC(F)C2)C1. The van der Waals surface area contributed by atoms with Gasteiger partial charge in [-0.15, -0.1) is 0 Å². The van der Waals surface area contributed by atoms with Crippen LogP contribution in [-0.4, -0.2) is 47.7 Å². The fourth-order valence-electron chi connectivity index (χ4n) is 2.33. The summed E-state index contributed by atoms with van der Waals surface area (Å²) in [5, 5.41) is 0. The lowest BCUT2D eigenvalue weighted by Gasteiger charge is -2.38. The zero-order valence-electron chi connectivity index (χ0n) is 8.74. The molecule has 2 unspecified atom stereocenters. The summed E-state index contributed by atoms with van der Waals surface area (Å²) in [5.41, 5.74) is 0. The maximum absolute atomic E-state index is 12.6. The molecule has 0 spiro atoms. The summed E-state index contributed by atoms with van der Waals surface area (Å²) in [6.45, 7) is 5.62. The zero-order chi connectivity index (χ0) is 10.3. The predicted molar refractivity (Wildman–Crippen MR) is 51.8 cm³/mol.